The van der Waals surface area contributed by atoms with E-state index in [1.54, 1.807) is 0 Å². The molecule has 0 amide bonds. The average molecular weight is 912 g/mol. The second-order valence-corrected chi connectivity index (χ2v) is 19.1. The first-order chi connectivity index (χ1) is 30.7. The Bertz CT molecular complexity index is 1150. The van der Waals surface area contributed by atoms with Gasteiger partial charge in [0.05, 0.1) is 19.8 Å². The first kappa shape index (κ1) is 61.2. The topological polar surface area (TPSA) is 155 Å². The van der Waals surface area contributed by atoms with Crippen molar-refractivity contribution < 1.29 is 42.7 Å². The molecule has 0 bridgehead atoms. The van der Waals surface area contributed by atoms with Crippen molar-refractivity contribution >= 4 is 19.8 Å². The summed E-state index contributed by atoms with van der Waals surface area (Å²) < 4.78 is 33.5. The molecule has 3 unspecified atom stereocenters. The fourth-order valence-electron chi connectivity index (χ4n) is 7.38. The number of hydrogen-bond acceptors (Lipinski definition) is 8. The second-order valence-electron chi connectivity index (χ2n) is 17.7. The predicted molar refractivity (Wildman–Crippen MR) is 263 cm³/mol. The third-order valence-electron chi connectivity index (χ3n) is 11.4. The lowest BCUT2D eigenvalue weighted by Gasteiger charge is -2.20. The molecule has 0 saturated heterocycles. The molecule has 0 aliphatic rings. The van der Waals surface area contributed by atoms with Gasteiger partial charge in [0.15, 0.2) is 0 Å². The molecule has 0 spiro atoms. The van der Waals surface area contributed by atoms with Crippen LogP contribution in [0.2, 0.25) is 0 Å². The van der Waals surface area contributed by atoms with Crippen molar-refractivity contribution in [1.29, 1.82) is 0 Å². The molecule has 4 N–H and O–H groups in total. The fraction of sp³-hybridized carbons (Fsp3) is 0.846. The Hall–Kier alpha value is -1.81. The lowest BCUT2D eigenvalue weighted by Crippen LogP contribution is -2.34. The summed E-state index contributed by atoms with van der Waals surface area (Å²) in [7, 11) is -4.62. The van der Waals surface area contributed by atoms with E-state index in [0.29, 0.717) is 13.0 Å². The molecule has 0 aromatic rings. The Kier molecular flexibility index (Phi) is 46.7. The maximum atomic E-state index is 12.7. The van der Waals surface area contributed by atoms with Crippen molar-refractivity contribution in [2.45, 2.75) is 257 Å². The zero-order valence-electron chi connectivity index (χ0n) is 40.7. The summed E-state index contributed by atoms with van der Waals surface area (Å²) in [5.74, 6) is -1.77. The average Bonchev–Trinajstić information content (AvgIpc) is 3.26. The van der Waals surface area contributed by atoms with Gasteiger partial charge in [-0.05, 0) is 51.4 Å². The third kappa shape index (κ3) is 48.0. The SMILES string of the molecule is CCCCC/C=C\C/C=C\C/C=C\CCCCCCCCCOCC(COP(=O)(O)OCC(N)C(=O)O)OC(=O)CCCCCCCCCCCCCCCCCCCCCCC. The number of esters is 1. The van der Waals surface area contributed by atoms with E-state index >= 15 is 0 Å². The van der Waals surface area contributed by atoms with E-state index in [1.807, 2.05) is 0 Å². The molecule has 0 aliphatic carbocycles. The first-order valence-corrected chi connectivity index (χ1v) is 27.5. The van der Waals surface area contributed by atoms with Crippen molar-refractivity contribution in [3.8, 4) is 0 Å². The van der Waals surface area contributed by atoms with Crippen molar-refractivity contribution in [3.63, 3.8) is 0 Å². The number of ether oxygens (including phenoxy) is 2. The number of carbonyl (C=O) groups excluding carboxylic acids is 1. The number of phosphoric acid groups is 1. The number of carboxylic acid groups (broad SMARTS) is 1. The molecule has 10 nitrogen and oxygen atoms in total. The summed E-state index contributed by atoms with van der Waals surface area (Å²) in [6, 6.07) is -1.47. The van der Waals surface area contributed by atoms with E-state index in [-0.39, 0.29) is 13.0 Å². The number of unbranched alkanes of at least 4 members (excludes halogenated alkanes) is 30. The molecule has 370 valence electrons. The Labute approximate surface area is 387 Å². The van der Waals surface area contributed by atoms with Crippen LogP contribution in [0.3, 0.4) is 0 Å². The van der Waals surface area contributed by atoms with E-state index in [4.69, 9.17) is 29.4 Å². The van der Waals surface area contributed by atoms with Gasteiger partial charge in [-0.15, -0.1) is 0 Å². The maximum absolute atomic E-state index is 12.7. The zero-order chi connectivity index (χ0) is 46.2. The summed E-state index contributed by atoms with van der Waals surface area (Å²) in [5, 5.41) is 8.93. The number of aliphatic carboxylic acids is 1. The minimum atomic E-state index is -4.62. The van der Waals surface area contributed by atoms with Gasteiger partial charge in [0.1, 0.15) is 12.1 Å². The van der Waals surface area contributed by atoms with Gasteiger partial charge in [0, 0.05) is 13.0 Å². The number of hydrogen-bond donors (Lipinski definition) is 3. The monoisotopic (exact) mass is 912 g/mol. The highest BCUT2D eigenvalue weighted by molar-refractivity contribution is 7.47. The molecule has 11 heteroatoms. The van der Waals surface area contributed by atoms with Crippen LogP contribution in [0.25, 0.3) is 0 Å². The van der Waals surface area contributed by atoms with Gasteiger partial charge in [-0.1, -0.05) is 224 Å². The van der Waals surface area contributed by atoms with Gasteiger partial charge in [0.2, 0.25) is 0 Å². The minimum Gasteiger partial charge on any atom is -0.480 e. The van der Waals surface area contributed by atoms with Crippen molar-refractivity contribution in [3.05, 3.63) is 36.5 Å². The number of carboxylic acids is 1. The predicted octanol–water partition coefficient (Wildman–Crippen LogP) is 15.2. The summed E-state index contributed by atoms with van der Waals surface area (Å²) in [5.41, 5.74) is 5.38. The Morgan fingerprint density at radius 2 is 0.873 bits per heavy atom. The number of allylic oxidation sites excluding steroid dienone is 6. The van der Waals surface area contributed by atoms with Crippen LogP contribution in [0.4, 0.5) is 0 Å². The smallest absolute Gasteiger partial charge is 0.472 e. The van der Waals surface area contributed by atoms with Gasteiger partial charge in [-0.3, -0.25) is 18.6 Å². The maximum Gasteiger partial charge on any atom is 0.472 e. The lowest BCUT2D eigenvalue weighted by molar-refractivity contribution is -0.154. The highest BCUT2D eigenvalue weighted by Gasteiger charge is 2.27. The Balaban J connectivity index is 4.13. The second kappa shape index (κ2) is 48.1. The largest absolute Gasteiger partial charge is 0.480 e. The zero-order valence-corrected chi connectivity index (χ0v) is 41.6. The molecule has 0 heterocycles. The number of rotatable bonds is 50. The molecule has 0 aliphatic heterocycles. The molecule has 0 radical (unpaired) electrons. The summed E-state index contributed by atoms with van der Waals surface area (Å²) in [4.78, 5) is 33.7. The molecule has 0 fully saturated rings. The van der Waals surface area contributed by atoms with Crippen LogP contribution in [0.15, 0.2) is 36.5 Å². The molecule has 0 rings (SSSR count). The number of nitrogens with two attached hydrogens (primary N) is 1. The summed E-state index contributed by atoms with van der Waals surface area (Å²) in [6.07, 6.45) is 56.3. The molecule has 3 atom stereocenters. The standard InChI is InChI=1S/C52H98NO9P/c1-3-5-7-9-11-13-15-17-19-21-23-25-26-28-30-32-34-36-38-40-42-44-51(54)62-49(47-60-63(57,58)61-48-50(53)52(55)56)46-59-45-43-41-39-37-35-33-31-29-27-24-22-20-18-16-14-12-10-8-6-4-2/h12,14,18,20,24,27,49-50H,3-11,13,15-17,19,21-23,25-26,28-48,53H2,1-2H3,(H,55,56)(H,57,58)/b14-12-,20-18-,27-24-. The van der Waals surface area contributed by atoms with Crippen LogP contribution < -0.4 is 5.73 Å². The van der Waals surface area contributed by atoms with Gasteiger partial charge in [-0.25, -0.2) is 4.57 Å². The van der Waals surface area contributed by atoms with E-state index in [0.717, 1.165) is 51.4 Å². The van der Waals surface area contributed by atoms with Crippen molar-refractivity contribution in [2.24, 2.45) is 5.73 Å². The van der Waals surface area contributed by atoms with Crippen molar-refractivity contribution in [1.82, 2.24) is 0 Å². The van der Waals surface area contributed by atoms with Crippen LogP contribution in [0.5, 0.6) is 0 Å². The van der Waals surface area contributed by atoms with Crippen LogP contribution in [-0.2, 0) is 32.7 Å². The van der Waals surface area contributed by atoms with E-state index in [9.17, 15) is 19.0 Å². The normalized spacial score (nSPS) is 14.0. The van der Waals surface area contributed by atoms with Crippen LogP contribution in [0, 0.1) is 0 Å². The highest BCUT2D eigenvalue weighted by Crippen LogP contribution is 2.43. The van der Waals surface area contributed by atoms with E-state index < -0.39 is 45.1 Å². The first-order valence-electron chi connectivity index (χ1n) is 26.0. The molecular formula is C52H98NO9P. The van der Waals surface area contributed by atoms with Crippen LogP contribution >= 0.6 is 7.82 Å². The van der Waals surface area contributed by atoms with Gasteiger partial charge in [-0.2, -0.15) is 0 Å². The van der Waals surface area contributed by atoms with Crippen molar-refractivity contribution in [2.75, 3.05) is 26.4 Å². The number of carbonyl (C=O) groups is 2. The quantitative estimate of drug-likeness (QED) is 0.0232. The molecule has 0 aromatic carbocycles. The summed E-state index contributed by atoms with van der Waals surface area (Å²) >= 11 is 0. The molecule has 0 saturated carbocycles. The Morgan fingerprint density at radius 1 is 0.508 bits per heavy atom. The van der Waals surface area contributed by atoms with Crippen LogP contribution in [-0.4, -0.2) is 60.5 Å². The highest BCUT2D eigenvalue weighted by atomic mass is 31.2. The van der Waals surface area contributed by atoms with E-state index in [2.05, 4.69) is 50.3 Å². The number of phosphoric ester groups is 1. The molecule has 63 heavy (non-hydrogen) atoms. The molecule has 0 aromatic heterocycles. The van der Waals surface area contributed by atoms with Crippen LogP contribution in [0.1, 0.15) is 245 Å². The van der Waals surface area contributed by atoms with E-state index in [1.165, 1.54) is 167 Å². The third-order valence-corrected chi connectivity index (χ3v) is 12.4. The summed E-state index contributed by atoms with van der Waals surface area (Å²) in [6.45, 7) is 3.88. The lowest BCUT2D eigenvalue weighted by atomic mass is 10.0. The fourth-order valence-corrected chi connectivity index (χ4v) is 8.16. The van der Waals surface area contributed by atoms with Gasteiger partial charge < -0.3 is 25.2 Å². The minimum absolute atomic E-state index is 0.0131. The Morgan fingerprint density at radius 3 is 1.33 bits per heavy atom. The van der Waals surface area contributed by atoms with Gasteiger partial charge >= 0.3 is 19.8 Å². The van der Waals surface area contributed by atoms with Gasteiger partial charge in [0.25, 0.3) is 0 Å². The molecular weight excluding hydrogens is 814 g/mol.